The van der Waals surface area contributed by atoms with E-state index in [1.807, 2.05) is 12.1 Å². The normalized spacial score (nSPS) is 9.94. The van der Waals surface area contributed by atoms with Crippen LogP contribution in [0.4, 0.5) is 5.69 Å². The number of halogens is 1. The molecule has 92 valence electrons. The largest absolute Gasteiger partial charge is 0.383 e. The Labute approximate surface area is 110 Å². The summed E-state index contributed by atoms with van der Waals surface area (Å²) in [6, 6.07) is 7.63. The Bertz CT molecular complexity index is 391. The molecule has 0 radical (unpaired) electrons. The number of rotatable bonds is 7. The lowest BCUT2D eigenvalue weighted by molar-refractivity contribution is 0.0759. The Morgan fingerprint density at radius 2 is 2.18 bits per heavy atom. The first-order valence-corrected chi connectivity index (χ1v) is 6.07. The van der Waals surface area contributed by atoms with E-state index < -0.39 is 0 Å². The first kappa shape index (κ1) is 14.0. The summed E-state index contributed by atoms with van der Waals surface area (Å²) in [5.41, 5.74) is 1.60. The second-order valence-corrected chi connectivity index (χ2v) is 4.19. The predicted molar refractivity (Wildman–Crippen MR) is 70.0 cm³/mol. The van der Waals surface area contributed by atoms with Gasteiger partial charge >= 0.3 is 0 Å². The summed E-state index contributed by atoms with van der Waals surface area (Å²) in [5, 5.41) is 12.0. The van der Waals surface area contributed by atoms with E-state index in [-0.39, 0.29) is 0 Å². The summed E-state index contributed by atoms with van der Waals surface area (Å²) in [4.78, 5) is 0. The molecule has 0 aliphatic carbocycles. The number of methoxy groups -OCH3 is 1. The summed E-state index contributed by atoms with van der Waals surface area (Å²) in [6.45, 7) is 2.57. The first-order chi connectivity index (χ1) is 8.27. The molecule has 0 amide bonds. The quantitative estimate of drug-likeness (QED) is 0.786. The van der Waals surface area contributed by atoms with Gasteiger partial charge in [0.2, 0.25) is 0 Å². The Kier molecular flexibility index (Phi) is 6.63. The van der Waals surface area contributed by atoms with Gasteiger partial charge in [0.15, 0.2) is 0 Å². The lowest BCUT2D eigenvalue weighted by atomic mass is 10.2. The summed E-state index contributed by atoms with van der Waals surface area (Å²) >= 11 is 3.34. The van der Waals surface area contributed by atoms with Crippen LogP contribution in [0.25, 0.3) is 0 Å². The Morgan fingerprint density at radius 1 is 1.35 bits per heavy atom. The number of ether oxygens (including phenoxy) is 2. The topological polar surface area (TPSA) is 54.3 Å². The fourth-order valence-corrected chi connectivity index (χ4v) is 1.70. The molecule has 0 atom stereocenters. The Hall–Kier alpha value is -1.09. The van der Waals surface area contributed by atoms with Crippen LogP contribution in [-0.4, -0.2) is 33.5 Å². The zero-order valence-corrected chi connectivity index (χ0v) is 11.3. The van der Waals surface area contributed by atoms with Gasteiger partial charge in [-0.3, -0.25) is 0 Å². The molecule has 4 nitrogen and oxygen atoms in total. The molecule has 0 aromatic heterocycles. The van der Waals surface area contributed by atoms with E-state index in [1.54, 1.807) is 13.2 Å². The second-order valence-electron chi connectivity index (χ2n) is 3.34. The average molecular weight is 299 g/mol. The van der Waals surface area contributed by atoms with Gasteiger partial charge in [-0.05, 0) is 34.1 Å². The van der Waals surface area contributed by atoms with Gasteiger partial charge in [-0.1, -0.05) is 0 Å². The summed E-state index contributed by atoms with van der Waals surface area (Å²) in [6.07, 6.45) is 0. The lowest BCUT2D eigenvalue weighted by Crippen LogP contribution is -2.11. The zero-order valence-electron chi connectivity index (χ0n) is 9.70. The van der Waals surface area contributed by atoms with Crippen LogP contribution in [0.1, 0.15) is 5.56 Å². The van der Waals surface area contributed by atoms with Crippen molar-refractivity contribution in [2.24, 2.45) is 0 Å². The van der Waals surface area contributed by atoms with Gasteiger partial charge in [0.1, 0.15) is 6.07 Å². The molecule has 1 N–H and O–H groups in total. The highest BCUT2D eigenvalue weighted by Crippen LogP contribution is 2.20. The van der Waals surface area contributed by atoms with Crippen molar-refractivity contribution < 1.29 is 9.47 Å². The van der Waals surface area contributed by atoms with Gasteiger partial charge in [-0.2, -0.15) is 5.26 Å². The van der Waals surface area contributed by atoms with Crippen LogP contribution >= 0.6 is 15.9 Å². The van der Waals surface area contributed by atoms with Gasteiger partial charge < -0.3 is 14.8 Å². The maximum Gasteiger partial charge on any atom is 0.100 e. The number of nitrogens with one attached hydrogen (secondary N) is 1. The van der Waals surface area contributed by atoms with E-state index in [0.717, 1.165) is 16.7 Å². The number of hydrogen-bond donors (Lipinski definition) is 1. The maximum atomic E-state index is 8.77. The third-order valence-corrected chi connectivity index (χ3v) is 2.75. The van der Waals surface area contributed by atoms with Crippen molar-refractivity contribution in [2.75, 3.05) is 38.8 Å². The average Bonchev–Trinajstić information content (AvgIpc) is 2.34. The van der Waals surface area contributed by atoms with Crippen molar-refractivity contribution in [3.63, 3.8) is 0 Å². The summed E-state index contributed by atoms with van der Waals surface area (Å²) in [5.74, 6) is 0. The molecule has 0 heterocycles. The molecule has 0 spiro atoms. The van der Waals surface area contributed by atoms with Crippen LogP contribution in [0.3, 0.4) is 0 Å². The SMILES string of the molecule is COCCOCCNc1ccc(C#N)c(Br)c1. The second kappa shape index (κ2) is 8.07. The third kappa shape index (κ3) is 5.18. The van der Waals surface area contributed by atoms with E-state index >= 15 is 0 Å². The molecule has 0 bridgehead atoms. The fourth-order valence-electron chi connectivity index (χ4n) is 1.23. The monoisotopic (exact) mass is 298 g/mol. The van der Waals surface area contributed by atoms with Crippen molar-refractivity contribution in [2.45, 2.75) is 0 Å². The smallest absolute Gasteiger partial charge is 0.100 e. The molecular weight excluding hydrogens is 284 g/mol. The third-order valence-electron chi connectivity index (χ3n) is 2.10. The highest BCUT2D eigenvalue weighted by atomic mass is 79.9. The Balaban J connectivity index is 2.28. The van der Waals surface area contributed by atoms with E-state index in [9.17, 15) is 0 Å². The van der Waals surface area contributed by atoms with Gasteiger partial charge in [-0.15, -0.1) is 0 Å². The molecule has 1 aromatic carbocycles. The minimum Gasteiger partial charge on any atom is -0.383 e. The highest BCUT2D eigenvalue weighted by Gasteiger charge is 1.99. The van der Waals surface area contributed by atoms with E-state index in [0.29, 0.717) is 25.4 Å². The lowest BCUT2D eigenvalue weighted by Gasteiger charge is -2.08. The summed E-state index contributed by atoms with van der Waals surface area (Å²) < 4.78 is 11.0. The molecule has 0 saturated carbocycles. The number of benzene rings is 1. The molecule has 1 rings (SSSR count). The minimum absolute atomic E-state index is 0.606. The van der Waals surface area contributed by atoms with Gasteiger partial charge in [0.05, 0.1) is 25.4 Å². The minimum atomic E-state index is 0.606. The molecule has 0 aliphatic rings. The molecular formula is C12H15BrN2O2. The van der Waals surface area contributed by atoms with E-state index in [4.69, 9.17) is 14.7 Å². The fraction of sp³-hybridized carbons (Fsp3) is 0.417. The molecule has 17 heavy (non-hydrogen) atoms. The summed E-state index contributed by atoms with van der Waals surface area (Å²) in [7, 11) is 1.65. The Morgan fingerprint density at radius 3 is 2.82 bits per heavy atom. The zero-order chi connectivity index (χ0) is 12.5. The number of hydrogen-bond acceptors (Lipinski definition) is 4. The maximum absolute atomic E-state index is 8.77. The molecule has 0 saturated heterocycles. The van der Waals surface area contributed by atoms with Gasteiger partial charge in [-0.25, -0.2) is 0 Å². The molecule has 0 fully saturated rings. The van der Waals surface area contributed by atoms with Crippen LogP contribution in [-0.2, 0) is 9.47 Å². The van der Waals surface area contributed by atoms with Crippen LogP contribution in [0.5, 0.6) is 0 Å². The highest BCUT2D eigenvalue weighted by molar-refractivity contribution is 9.10. The van der Waals surface area contributed by atoms with Crippen molar-refractivity contribution >= 4 is 21.6 Å². The van der Waals surface area contributed by atoms with Crippen molar-refractivity contribution in [1.82, 2.24) is 0 Å². The van der Waals surface area contributed by atoms with Crippen LogP contribution in [0.15, 0.2) is 22.7 Å². The molecule has 0 aliphatic heterocycles. The van der Waals surface area contributed by atoms with E-state index in [1.165, 1.54) is 0 Å². The van der Waals surface area contributed by atoms with Crippen molar-refractivity contribution in [3.8, 4) is 6.07 Å². The molecule has 5 heteroatoms. The predicted octanol–water partition coefficient (Wildman–Crippen LogP) is 2.40. The number of nitrogens with zero attached hydrogens (tertiary/aromatic N) is 1. The molecule has 0 unspecified atom stereocenters. The van der Waals surface area contributed by atoms with Crippen LogP contribution in [0, 0.1) is 11.3 Å². The van der Waals surface area contributed by atoms with Crippen LogP contribution in [0.2, 0.25) is 0 Å². The number of anilines is 1. The van der Waals surface area contributed by atoms with Crippen molar-refractivity contribution in [1.29, 1.82) is 5.26 Å². The van der Waals surface area contributed by atoms with Crippen molar-refractivity contribution in [3.05, 3.63) is 28.2 Å². The van der Waals surface area contributed by atoms with E-state index in [2.05, 4.69) is 27.3 Å². The van der Waals surface area contributed by atoms with Gasteiger partial charge in [0.25, 0.3) is 0 Å². The number of nitriles is 1. The molecule has 1 aromatic rings. The van der Waals surface area contributed by atoms with Gasteiger partial charge in [0, 0.05) is 23.8 Å². The van der Waals surface area contributed by atoms with Crippen LogP contribution < -0.4 is 5.32 Å². The standard InChI is InChI=1S/C12H15BrN2O2/c1-16-6-7-17-5-4-15-11-3-2-10(9-14)12(13)8-11/h2-3,8,15H,4-7H2,1H3. The first-order valence-electron chi connectivity index (χ1n) is 5.28.